The van der Waals surface area contributed by atoms with E-state index >= 15 is 0 Å². The maximum atomic E-state index is 12.9. The number of rotatable bonds is 7. The van der Waals surface area contributed by atoms with Crippen LogP contribution in [0, 0.1) is 0 Å². The number of likely N-dealkylation sites (N-methyl/N-ethyl adjacent to an activating group) is 1. The second-order valence-electron chi connectivity index (χ2n) is 9.26. The van der Waals surface area contributed by atoms with E-state index in [1.807, 2.05) is 17.7 Å². The van der Waals surface area contributed by atoms with Crippen molar-refractivity contribution in [1.29, 1.82) is 0 Å². The summed E-state index contributed by atoms with van der Waals surface area (Å²) in [6, 6.07) is 6.29. The Labute approximate surface area is 210 Å². The minimum atomic E-state index is -0.227. The van der Waals surface area contributed by atoms with Crippen LogP contribution in [-0.2, 0) is 24.1 Å². The zero-order valence-electron chi connectivity index (χ0n) is 20.4. The molecule has 3 unspecified atom stereocenters. The molecule has 1 aliphatic carbocycles. The standard InChI is InChI=1S/C25H32ClN7O2/c1-4-27-21-13-33(14-22(21)35-3)23-9-6-15-10-16(7-8-19(15)29-23)28-25(34)20-11-17-18(26)12-32(5-2)24(17)31-30-20/h6,9,11-12,16,21-22,27H,4-5,7-8,10,13-14H2,1-3H3,(H,28,34). The summed E-state index contributed by atoms with van der Waals surface area (Å²) in [6.07, 6.45) is 4.38. The molecule has 35 heavy (non-hydrogen) atoms. The number of hydrogen-bond donors (Lipinski definition) is 2. The number of methoxy groups -OCH3 is 1. The monoisotopic (exact) mass is 497 g/mol. The van der Waals surface area contributed by atoms with Gasteiger partial charge < -0.3 is 24.8 Å². The van der Waals surface area contributed by atoms with E-state index in [4.69, 9.17) is 21.3 Å². The van der Waals surface area contributed by atoms with Crippen LogP contribution in [0.1, 0.15) is 42.0 Å². The number of carbonyl (C=O) groups is 1. The van der Waals surface area contributed by atoms with Gasteiger partial charge in [0.1, 0.15) is 5.82 Å². The molecule has 5 rings (SSSR count). The number of nitrogens with zero attached hydrogens (tertiary/aromatic N) is 5. The van der Waals surface area contributed by atoms with Gasteiger partial charge in [0.25, 0.3) is 5.91 Å². The van der Waals surface area contributed by atoms with Gasteiger partial charge in [-0.2, -0.15) is 0 Å². The third-order valence-corrected chi connectivity index (χ3v) is 7.39. The number of anilines is 1. The van der Waals surface area contributed by atoms with Crippen molar-refractivity contribution < 1.29 is 9.53 Å². The molecule has 3 atom stereocenters. The molecule has 9 nitrogen and oxygen atoms in total. The Bertz CT molecular complexity index is 1230. The van der Waals surface area contributed by atoms with E-state index in [0.29, 0.717) is 16.7 Å². The molecular formula is C25H32ClN7O2. The fourth-order valence-electron chi connectivity index (χ4n) is 5.21. The molecule has 0 saturated carbocycles. The van der Waals surface area contributed by atoms with Gasteiger partial charge in [-0.3, -0.25) is 4.79 Å². The second-order valence-corrected chi connectivity index (χ2v) is 9.67. The third-order valence-electron chi connectivity index (χ3n) is 7.09. The molecular weight excluding hydrogens is 466 g/mol. The van der Waals surface area contributed by atoms with Crippen LogP contribution in [0.3, 0.4) is 0 Å². The zero-order valence-corrected chi connectivity index (χ0v) is 21.2. The average molecular weight is 498 g/mol. The van der Waals surface area contributed by atoms with Crippen LogP contribution in [0.4, 0.5) is 5.82 Å². The molecule has 0 spiro atoms. The van der Waals surface area contributed by atoms with Crippen LogP contribution in [0.2, 0.25) is 5.02 Å². The third kappa shape index (κ3) is 4.72. The van der Waals surface area contributed by atoms with Gasteiger partial charge in [-0.1, -0.05) is 24.6 Å². The van der Waals surface area contributed by atoms with Gasteiger partial charge in [0.15, 0.2) is 11.3 Å². The topological polar surface area (TPSA) is 97.2 Å². The summed E-state index contributed by atoms with van der Waals surface area (Å²) < 4.78 is 7.60. The van der Waals surface area contributed by atoms with E-state index in [2.05, 4.69) is 44.8 Å². The van der Waals surface area contributed by atoms with Gasteiger partial charge in [-0.25, -0.2) is 4.98 Å². The summed E-state index contributed by atoms with van der Waals surface area (Å²) >= 11 is 6.34. The van der Waals surface area contributed by atoms with E-state index in [-0.39, 0.29) is 23.7 Å². The van der Waals surface area contributed by atoms with Crippen molar-refractivity contribution in [3.63, 3.8) is 0 Å². The fourth-order valence-corrected chi connectivity index (χ4v) is 5.47. The lowest BCUT2D eigenvalue weighted by Crippen LogP contribution is -2.40. The lowest BCUT2D eigenvalue weighted by molar-refractivity contribution is 0.0927. The number of fused-ring (bicyclic) bond motifs is 2. The molecule has 186 valence electrons. The Balaban J connectivity index is 1.25. The maximum absolute atomic E-state index is 12.9. The number of halogens is 1. The van der Waals surface area contributed by atoms with Crippen LogP contribution in [0.25, 0.3) is 11.0 Å². The zero-order chi connectivity index (χ0) is 24.5. The summed E-state index contributed by atoms with van der Waals surface area (Å²) in [7, 11) is 1.77. The molecule has 10 heteroatoms. The highest BCUT2D eigenvalue weighted by atomic mass is 35.5. The lowest BCUT2D eigenvalue weighted by Gasteiger charge is -2.26. The molecule has 0 radical (unpaired) electrons. The minimum absolute atomic E-state index is 0.0265. The number of amides is 1. The summed E-state index contributed by atoms with van der Waals surface area (Å²) in [5.41, 5.74) is 3.27. The highest BCUT2D eigenvalue weighted by Crippen LogP contribution is 2.27. The molecule has 1 saturated heterocycles. The normalized spacial score (nSPS) is 21.9. The summed E-state index contributed by atoms with van der Waals surface area (Å²) in [6.45, 7) is 7.50. The molecule has 4 heterocycles. The first-order chi connectivity index (χ1) is 17.0. The second kappa shape index (κ2) is 10.1. The number of hydrogen-bond acceptors (Lipinski definition) is 7. The highest BCUT2D eigenvalue weighted by molar-refractivity contribution is 6.35. The van der Waals surface area contributed by atoms with Gasteiger partial charge in [-0.05, 0) is 50.4 Å². The van der Waals surface area contributed by atoms with Crippen molar-refractivity contribution in [3.05, 3.63) is 46.4 Å². The molecule has 1 aliphatic heterocycles. The minimum Gasteiger partial charge on any atom is -0.378 e. The predicted molar refractivity (Wildman–Crippen MR) is 136 cm³/mol. The SMILES string of the molecule is CCNC1CN(c2ccc3c(n2)CCC(NC(=O)c2cc4c(Cl)cn(CC)c4nn2)C3)CC1OC. The Morgan fingerprint density at radius 1 is 1.26 bits per heavy atom. The number of nitrogens with one attached hydrogen (secondary N) is 2. The number of carbonyl (C=O) groups excluding carboxylic acids is 1. The van der Waals surface area contributed by atoms with Gasteiger partial charge in [-0.15, -0.1) is 10.2 Å². The molecule has 0 bridgehead atoms. The highest BCUT2D eigenvalue weighted by Gasteiger charge is 2.33. The first-order valence-corrected chi connectivity index (χ1v) is 12.7. The first-order valence-electron chi connectivity index (χ1n) is 12.3. The molecule has 3 aromatic rings. The van der Waals surface area contributed by atoms with Crippen molar-refractivity contribution in [1.82, 2.24) is 30.4 Å². The largest absolute Gasteiger partial charge is 0.378 e. The van der Waals surface area contributed by atoms with E-state index in [9.17, 15) is 4.79 Å². The predicted octanol–water partition coefficient (Wildman–Crippen LogP) is 2.60. The van der Waals surface area contributed by atoms with Crippen molar-refractivity contribution in [3.8, 4) is 0 Å². The number of aryl methyl sites for hydroxylation is 2. The fraction of sp³-hybridized carbons (Fsp3) is 0.520. The van der Waals surface area contributed by atoms with Crippen molar-refractivity contribution in [2.24, 2.45) is 0 Å². The van der Waals surface area contributed by atoms with Gasteiger partial charge in [0.2, 0.25) is 0 Å². The number of aromatic nitrogens is 4. The van der Waals surface area contributed by atoms with Crippen molar-refractivity contribution in [2.45, 2.75) is 57.8 Å². The van der Waals surface area contributed by atoms with Gasteiger partial charge >= 0.3 is 0 Å². The average Bonchev–Trinajstić information content (AvgIpc) is 3.44. The quantitative estimate of drug-likeness (QED) is 0.517. The first kappa shape index (κ1) is 24.0. The van der Waals surface area contributed by atoms with E-state index in [1.54, 1.807) is 13.2 Å². The molecule has 1 fully saturated rings. The van der Waals surface area contributed by atoms with Crippen LogP contribution < -0.4 is 15.5 Å². The smallest absolute Gasteiger partial charge is 0.272 e. The molecule has 2 aliphatic rings. The van der Waals surface area contributed by atoms with E-state index in [0.717, 1.165) is 62.3 Å². The Morgan fingerprint density at radius 3 is 2.89 bits per heavy atom. The molecule has 2 N–H and O–H groups in total. The molecule has 3 aromatic heterocycles. The van der Waals surface area contributed by atoms with Crippen LogP contribution in [-0.4, -0.2) is 70.6 Å². The van der Waals surface area contributed by atoms with Gasteiger partial charge in [0, 0.05) is 50.1 Å². The van der Waals surface area contributed by atoms with Crippen molar-refractivity contribution in [2.75, 3.05) is 31.6 Å². The summed E-state index contributed by atoms with van der Waals surface area (Å²) in [5, 5.41) is 16.3. The van der Waals surface area contributed by atoms with Crippen LogP contribution in [0.5, 0.6) is 0 Å². The Hall–Kier alpha value is -2.75. The van der Waals surface area contributed by atoms with E-state index in [1.165, 1.54) is 5.56 Å². The lowest BCUT2D eigenvalue weighted by atomic mass is 9.91. The van der Waals surface area contributed by atoms with Crippen LogP contribution in [0.15, 0.2) is 24.4 Å². The number of ether oxygens (including phenoxy) is 1. The summed E-state index contributed by atoms with van der Waals surface area (Å²) in [4.78, 5) is 20.2. The number of pyridine rings is 1. The van der Waals surface area contributed by atoms with Crippen molar-refractivity contribution >= 4 is 34.4 Å². The van der Waals surface area contributed by atoms with Crippen LogP contribution >= 0.6 is 11.6 Å². The Kier molecular flexibility index (Phi) is 6.91. The maximum Gasteiger partial charge on any atom is 0.272 e. The summed E-state index contributed by atoms with van der Waals surface area (Å²) in [5.74, 6) is 0.767. The van der Waals surface area contributed by atoms with Gasteiger partial charge in [0.05, 0.1) is 17.2 Å². The molecule has 1 amide bonds. The molecule has 0 aromatic carbocycles. The Morgan fingerprint density at radius 2 is 2.11 bits per heavy atom. The van der Waals surface area contributed by atoms with E-state index < -0.39 is 0 Å².